The van der Waals surface area contributed by atoms with E-state index < -0.39 is 0 Å². The van der Waals surface area contributed by atoms with Crippen molar-refractivity contribution < 1.29 is 0 Å². The molecule has 0 spiro atoms. The van der Waals surface area contributed by atoms with Gasteiger partial charge < -0.3 is 9.88 Å². The monoisotopic (exact) mass is 242 g/mol. The van der Waals surface area contributed by atoms with E-state index in [1.165, 1.54) is 42.4 Å². The molecule has 1 heterocycles. The molecule has 0 aliphatic heterocycles. The quantitative estimate of drug-likeness (QED) is 0.852. The first-order valence-corrected chi connectivity index (χ1v) is 7.10. The summed E-state index contributed by atoms with van der Waals surface area (Å²) >= 11 is 0. The third-order valence-electron chi connectivity index (χ3n) is 4.19. The highest BCUT2D eigenvalue weighted by atomic mass is 15.0. The number of aromatic nitrogens is 1. The van der Waals surface area contributed by atoms with Crippen molar-refractivity contribution in [3.8, 4) is 0 Å². The molecule has 0 radical (unpaired) electrons. The minimum Gasteiger partial charge on any atom is -0.344 e. The average Bonchev–Trinajstić information content (AvgIpc) is 2.69. The third kappa shape index (κ3) is 2.17. The van der Waals surface area contributed by atoms with E-state index in [0.717, 1.165) is 18.9 Å². The van der Waals surface area contributed by atoms with Crippen molar-refractivity contribution in [2.75, 3.05) is 13.6 Å². The first kappa shape index (κ1) is 11.8. The predicted octanol–water partition coefficient (Wildman–Crippen LogP) is 3.20. The van der Waals surface area contributed by atoms with E-state index in [0.29, 0.717) is 0 Å². The molecule has 2 nitrogen and oxygen atoms in total. The summed E-state index contributed by atoms with van der Waals surface area (Å²) in [7, 11) is 2.03. The lowest BCUT2D eigenvalue weighted by Crippen LogP contribution is -2.20. The van der Waals surface area contributed by atoms with Gasteiger partial charge in [-0.25, -0.2) is 0 Å². The Morgan fingerprint density at radius 2 is 2.11 bits per heavy atom. The Hall–Kier alpha value is -1.28. The van der Waals surface area contributed by atoms with Gasteiger partial charge in [-0.2, -0.15) is 0 Å². The van der Waals surface area contributed by atoms with Crippen LogP contribution in [0.3, 0.4) is 0 Å². The zero-order valence-electron chi connectivity index (χ0n) is 11.2. The summed E-state index contributed by atoms with van der Waals surface area (Å²) in [5, 5.41) is 4.65. The molecule has 2 aromatic rings. The summed E-state index contributed by atoms with van der Waals surface area (Å²) in [5.74, 6) is 0.911. The maximum Gasteiger partial charge on any atom is 0.0482 e. The van der Waals surface area contributed by atoms with E-state index in [1.807, 2.05) is 7.05 Å². The van der Waals surface area contributed by atoms with E-state index >= 15 is 0 Å². The normalized spacial score (nSPS) is 16.1. The summed E-state index contributed by atoms with van der Waals surface area (Å²) in [4.78, 5) is 0. The van der Waals surface area contributed by atoms with Gasteiger partial charge in [-0.1, -0.05) is 24.6 Å². The maximum absolute atomic E-state index is 3.26. The molecular weight excluding hydrogens is 220 g/mol. The van der Waals surface area contributed by atoms with E-state index in [2.05, 4.69) is 40.2 Å². The first-order valence-electron chi connectivity index (χ1n) is 7.10. The number of hydrogen-bond acceptors (Lipinski definition) is 1. The van der Waals surface area contributed by atoms with Gasteiger partial charge in [-0.05, 0) is 43.3 Å². The maximum atomic E-state index is 3.26. The van der Waals surface area contributed by atoms with E-state index in [-0.39, 0.29) is 0 Å². The van der Waals surface area contributed by atoms with Gasteiger partial charge in [-0.3, -0.25) is 0 Å². The molecule has 0 atom stereocenters. The summed E-state index contributed by atoms with van der Waals surface area (Å²) in [6.45, 7) is 2.27. The van der Waals surface area contributed by atoms with Crippen LogP contribution < -0.4 is 5.32 Å². The molecule has 3 rings (SSSR count). The lowest BCUT2D eigenvalue weighted by atomic mass is 9.85. The van der Waals surface area contributed by atoms with Crippen LogP contribution in [0.4, 0.5) is 0 Å². The number of nitrogens with one attached hydrogen (secondary N) is 1. The minimum absolute atomic E-state index is 0.911. The van der Waals surface area contributed by atoms with Crippen molar-refractivity contribution in [1.82, 2.24) is 9.88 Å². The number of nitrogens with zero attached hydrogens (tertiary/aromatic N) is 1. The smallest absolute Gasteiger partial charge is 0.0482 e. The number of rotatable bonds is 5. The van der Waals surface area contributed by atoms with Crippen LogP contribution in [-0.2, 0) is 13.0 Å². The fraction of sp³-hybridized carbons (Fsp3) is 0.500. The Morgan fingerprint density at radius 1 is 1.28 bits per heavy atom. The van der Waals surface area contributed by atoms with Gasteiger partial charge in [0.1, 0.15) is 0 Å². The lowest BCUT2D eigenvalue weighted by Gasteiger charge is -2.27. The van der Waals surface area contributed by atoms with Gasteiger partial charge in [0.05, 0.1) is 0 Å². The molecular formula is C16H22N2. The Kier molecular flexibility index (Phi) is 3.37. The molecule has 1 aromatic heterocycles. The molecule has 96 valence electrons. The zero-order valence-corrected chi connectivity index (χ0v) is 11.2. The van der Waals surface area contributed by atoms with E-state index in [1.54, 1.807) is 0 Å². The molecule has 0 saturated heterocycles. The zero-order chi connectivity index (χ0) is 12.4. The van der Waals surface area contributed by atoms with Crippen LogP contribution in [0, 0.1) is 5.92 Å². The van der Waals surface area contributed by atoms with Gasteiger partial charge in [-0.15, -0.1) is 0 Å². The number of para-hydroxylation sites is 1. The highest BCUT2D eigenvalue weighted by molar-refractivity contribution is 5.81. The number of benzene rings is 1. The first-order chi connectivity index (χ1) is 8.88. The van der Waals surface area contributed by atoms with Crippen LogP contribution in [0.5, 0.6) is 0 Å². The average molecular weight is 242 g/mol. The second kappa shape index (κ2) is 5.15. The molecule has 18 heavy (non-hydrogen) atoms. The van der Waals surface area contributed by atoms with Gasteiger partial charge in [0, 0.05) is 30.7 Å². The summed E-state index contributed by atoms with van der Waals surface area (Å²) < 4.78 is 2.55. The van der Waals surface area contributed by atoms with Crippen LogP contribution in [0.2, 0.25) is 0 Å². The van der Waals surface area contributed by atoms with Crippen LogP contribution in [0.15, 0.2) is 30.3 Å². The van der Waals surface area contributed by atoms with E-state index in [9.17, 15) is 0 Å². The second-order valence-electron chi connectivity index (χ2n) is 5.46. The van der Waals surface area contributed by atoms with Gasteiger partial charge in [0.25, 0.3) is 0 Å². The fourth-order valence-electron chi connectivity index (χ4n) is 2.88. The molecule has 1 aliphatic carbocycles. The molecule has 1 saturated carbocycles. The fourth-order valence-corrected chi connectivity index (χ4v) is 2.88. The Morgan fingerprint density at radius 3 is 2.83 bits per heavy atom. The number of likely N-dealkylation sites (N-methyl/N-ethyl adjacent to an activating group) is 1. The van der Waals surface area contributed by atoms with Crippen molar-refractivity contribution in [3.05, 3.63) is 36.0 Å². The van der Waals surface area contributed by atoms with Crippen molar-refractivity contribution in [2.24, 2.45) is 5.92 Å². The molecule has 1 N–H and O–H groups in total. The Balaban J connectivity index is 1.94. The van der Waals surface area contributed by atoms with E-state index in [4.69, 9.17) is 0 Å². The Labute approximate surface area is 109 Å². The lowest BCUT2D eigenvalue weighted by molar-refractivity contribution is 0.277. The van der Waals surface area contributed by atoms with Gasteiger partial charge in [0.15, 0.2) is 0 Å². The largest absolute Gasteiger partial charge is 0.344 e. The molecule has 0 bridgehead atoms. The molecule has 2 heteroatoms. The molecule has 0 unspecified atom stereocenters. The third-order valence-corrected chi connectivity index (χ3v) is 4.19. The minimum atomic E-state index is 0.911. The van der Waals surface area contributed by atoms with Crippen LogP contribution in [-0.4, -0.2) is 18.2 Å². The number of hydrogen-bond donors (Lipinski definition) is 1. The highest BCUT2D eigenvalue weighted by Gasteiger charge is 2.19. The standard InChI is InChI=1S/C16H22N2/c1-17-10-9-15-11-14-7-2-3-8-16(14)18(15)12-13-5-4-6-13/h2-3,7-8,11,13,17H,4-6,9-10,12H2,1H3. The van der Waals surface area contributed by atoms with Crippen molar-refractivity contribution in [1.29, 1.82) is 0 Å². The summed E-state index contributed by atoms with van der Waals surface area (Å²) in [6.07, 6.45) is 5.38. The van der Waals surface area contributed by atoms with Crippen molar-refractivity contribution in [2.45, 2.75) is 32.2 Å². The van der Waals surface area contributed by atoms with Crippen LogP contribution >= 0.6 is 0 Å². The highest BCUT2D eigenvalue weighted by Crippen LogP contribution is 2.30. The SMILES string of the molecule is CNCCc1cc2ccccc2n1CC1CCC1. The van der Waals surface area contributed by atoms with Crippen LogP contribution in [0.1, 0.15) is 25.0 Å². The van der Waals surface area contributed by atoms with Crippen LogP contribution in [0.25, 0.3) is 10.9 Å². The molecule has 1 aliphatic rings. The van der Waals surface area contributed by atoms with Crippen molar-refractivity contribution in [3.63, 3.8) is 0 Å². The predicted molar refractivity (Wildman–Crippen MR) is 76.9 cm³/mol. The molecule has 1 aromatic carbocycles. The second-order valence-corrected chi connectivity index (χ2v) is 5.46. The topological polar surface area (TPSA) is 17.0 Å². The summed E-state index contributed by atoms with van der Waals surface area (Å²) in [6, 6.07) is 11.1. The van der Waals surface area contributed by atoms with Gasteiger partial charge >= 0.3 is 0 Å². The van der Waals surface area contributed by atoms with Gasteiger partial charge in [0.2, 0.25) is 0 Å². The number of fused-ring (bicyclic) bond motifs is 1. The van der Waals surface area contributed by atoms with Crippen molar-refractivity contribution >= 4 is 10.9 Å². The summed E-state index contributed by atoms with van der Waals surface area (Å²) in [5.41, 5.74) is 2.90. The molecule has 1 fully saturated rings. The Bertz CT molecular complexity index is 523. The molecule has 0 amide bonds.